The van der Waals surface area contributed by atoms with Crippen molar-refractivity contribution in [2.45, 2.75) is 38.0 Å². The summed E-state index contributed by atoms with van der Waals surface area (Å²) in [7, 11) is 1.63. The zero-order valence-corrected chi connectivity index (χ0v) is 17.6. The number of anilines is 2. The minimum Gasteiger partial charge on any atom is -0.495 e. The predicted octanol–water partition coefficient (Wildman–Crippen LogP) is 4.70. The third-order valence-electron chi connectivity index (χ3n) is 5.46. The fourth-order valence-corrected chi connectivity index (χ4v) is 3.86. The second kappa shape index (κ2) is 10.1. The van der Waals surface area contributed by atoms with E-state index in [0.717, 1.165) is 42.0 Å². The lowest BCUT2D eigenvalue weighted by atomic mass is 10.1. The molecule has 160 valence electrons. The smallest absolute Gasteiger partial charge is 0.253 e. The van der Waals surface area contributed by atoms with Gasteiger partial charge >= 0.3 is 0 Å². The van der Waals surface area contributed by atoms with E-state index in [4.69, 9.17) is 9.47 Å². The quantitative estimate of drug-likeness (QED) is 0.556. The number of amides is 1. The van der Waals surface area contributed by atoms with Crippen LogP contribution >= 0.6 is 0 Å². The molecule has 6 nitrogen and oxygen atoms in total. The fourth-order valence-electron chi connectivity index (χ4n) is 3.86. The van der Waals surface area contributed by atoms with E-state index < -0.39 is 0 Å². The van der Waals surface area contributed by atoms with Gasteiger partial charge in [0.2, 0.25) is 0 Å². The number of hydrogen-bond acceptors (Lipinski definition) is 5. The summed E-state index contributed by atoms with van der Waals surface area (Å²) in [5.41, 5.74) is 3.18. The van der Waals surface area contributed by atoms with Crippen molar-refractivity contribution in [1.82, 2.24) is 10.3 Å². The molecule has 1 saturated carbocycles. The van der Waals surface area contributed by atoms with Gasteiger partial charge in [-0.15, -0.1) is 0 Å². The summed E-state index contributed by atoms with van der Waals surface area (Å²) >= 11 is 0. The van der Waals surface area contributed by atoms with Crippen LogP contribution in [0.15, 0.2) is 73.1 Å². The van der Waals surface area contributed by atoms with Crippen LogP contribution in [0, 0.1) is 0 Å². The van der Waals surface area contributed by atoms with Crippen molar-refractivity contribution in [1.29, 1.82) is 0 Å². The molecule has 0 aliphatic heterocycles. The van der Waals surface area contributed by atoms with Crippen LogP contribution in [-0.2, 0) is 11.3 Å². The van der Waals surface area contributed by atoms with E-state index in [-0.39, 0.29) is 18.1 Å². The average Bonchev–Trinajstić information content (AvgIpc) is 3.26. The summed E-state index contributed by atoms with van der Waals surface area (Å²) in [4.78, 5) is 17.1. The van der Waals surface area contributed by atoms with E-state index in [9.17, 15) is 4.79 Å². The Balaban J connectivity index is 1.38. The van der Waals surface area contributed by atoms with Crippen LogP contribution in [0.4, 0.5) is 11.4 Å². The molecule has 0 spiro atoms. The molecule has 2 aromatic carbocycles. The van der Waals surface area contributed by atoms with Crippen molar-refractivity contribution >= 4 is 17.3 Å². The van der Waals surface area contributed by atoms with Crippen molar-refractivity contribution in [3.63, 3.8) is 0 Å². The highest BCUT2D eigenvalue weighted by molar-refractivity contribution is 5.95. The van der Waals surface area contributed by atoms with Gasteiger partial charge in [0, 0.05) is 6.20 Å². The Morgan fingerprint density at radius 1 is 1.06 bits per heavy atom. The summed E-state index contributed by atoms with van der Waals surface area (Å²) in [5.74, 6) is 0.582. The van der Waals surface area contributed by atoms with Gasteiger partial charge in [-0.2, -0.15) is 0 Å². The van der Waals surface area contributed by atoms with Crippen LogP contribution < -0.4 is 15.4 Å². The van der Waals surface area contributed by atoms with Crippen molar-refractivity contribution in [2.75, 3.05) is 12.4 Å². The number of aromatic nitrogens is 1. The molecule has 0 bridgehead atoms. The molecule has 31 heavy (non-hydrogen) atoms. The first kappa shape index (κ1) is 20.9. The summed E-state index contributed by atoms with van der Waals surface area (Å²) in [5, 5.41) is 6.41. The van der Waals surface area contributed by atoms with Gasteiger partial charge in [-0.05, 0) is 43.0 Å². The molecular weight excluding hydrogens is 390 g/mol. The molecule has 2 N–H and O–H groups in total. The molecule has 0 unspecified atom stereocenters. The Hall–Kier alpha value is -3.38. The second-order valence-corrected chi connectivity index (χ2v) is 7.63. The zero-order chi connectivity index (χ0) is 21.5. The number of nitrogens with one attached hydrogen (secondary N) is 2. The molecule has 1 amide bonds. The second-order valence-electron chi connectivity index (χ2n) is 7.63. The molecule has 1 heterocycles. The Bertz CT molecular complexity index is 1010. The molecule has 1 aromatic heterocycles. The van der Waals surface area contributed by atoms with E-state index in [2.05, 4.69) is 27.8 Å². The Kier molecular flexibility index (Phi) is 6.79. The number of rotatable bonds is 8. The van der Waals surface area contributed by atoms with E-state index in [1.165, 1.54) is 0 Å². The minimum absolute atomic E-state index is 0.00189. The third kappa shape index (κ3) is 5.41. The highest BCUT2D eigenvalue weighted by atomic mass is 16.5. The number of benzene rings is 2. The standard InChI is InChI=1S/C25H27N3O3/c1-30-23-12-6-5-10-21(23)27-20-14-19(15-26-16-20)25(29)28-22-11-7-13-24(22)31-17-18-8-3-2-4-9-18/h2-6,8-10,12,14-16,22,24,27H,7,11,13,17H2,1H3,(H,28,29)/t22-,24-/m0/s1. The summed E-state index contributed by atoms with van der Waals surface area (Å²) < 4.78 is 11.5. The average molecular weight is 418 g/mol. The summed E-state index contributed by atoms with van der Waals surface area (Å²) in [6.45, 7) is 0.553. The van der Waals surface area contributed by atoms with Crippen LogP contribution in [0.25, 0.3) is 0 Å². The monoisotopic (exact) mass is 417 g/mol. The molecule has 2 atom stereocenters. The number of methoxy groups -OCH3 is 1. The number of para-hydroxylation sites is 2. The van der Waals surface area contributed by atoms with Crippen LogP contribution in [0.1, 0.15) is 35.2 Å². The SMILES string of the molecule is COc1ccccc1Nc1cncc(C(=O)N[C@H]2CCC[C@@H]2OCc2ccccc2)c1. The summed E-state index contributed by atoms with van der Waals surface area (Å²) in [6.07, 6.45) is 6.19. The Morgan fingerprint density at radius 2 is 1.87 bits per heavy atom. The first-order valence-corrected chi connectivity index (χ1v) is 10.5. The van der Waals surface area contributed by atoms with Gasteiger partial charge in [0.25, 0.3) is 5.91 Å². The molecule has 1 aliphatic rings. The predicted molar refractivity (Wildman–Crippen MR) is 121 cm³/mol. The number of hydrogen-bond donors (Lipinski definition) is 2. The summed E-state index contributed by atoms with van der Waals surface area (Å²) in [6, 6.07) is 19.5. The van der Waals surface area contributed by atoms with Gasteiger partial charge in [-0.3, -0.25) is 9.78 Å². The van der Waals surface area contributed by atoms with E-state index in [0.29, 0.717) is 12.2 Å². The first-order chi connectivity index (χ1) is 15.2. The van der Waals surface area contributed by atoms with Crippen molar-refractivity contribution in [3.8, 4) is 5.75 Å². The Morgan fingerprint density at radius 3 is 2.71 bits per heavy atom. The van der Waals surface area contributed by atoms with Gasteiger partial charge in [-0.1, -0.05) is 42.5 Å². The molecule has 6 heteroatoms. The first-order valence-electron chi connectivity index (χ1n) is 10.5. The van der Waals surface area contributed by atoms with Crippen molar-refractivity contribution < 1.29 is 14.3 Å². The maximum Gasteiger partial charge on any atom is 0.253 e. The minimum atomic E-state index is -0.142. The molecule has 0 saturated heterocycles. The topological polar surface area (TPSA) is 72.5 Å². The van der Waals surface area contributed by atoms with Gasteiger partial charge in [-0.25, -0.2) is 0 Å². The lowest BCUT2D eigenvalue weighted by Crippen LogP contribution is -2.41. The van der Waals surface area contributed by atoms with E-state index in [1.807, 2.05) is 42.5 Å². The van der Waals surface area contributed by atoms with E-state index >= 15 is 0 Å². The van der Waals surface area contributed by atoms with E-state index in [1.54, 1.807) is 25.6 Å². The maximum absolute atomic E-state index is 12.9. The van der Waals surface area contributed by atoms with Crippen LogP contribution in [0.5, 0.6) is 5.75 Å². The number of ether oxygens (including phenoxy) is 2. The largest absolute Gasteiger partial charge is 0.495 e. The number of nitrogens with zero attached hydrogens (tertiary/aromatic N) is 1. The molecule has 1 aliphatic carbocycles. The van der Waals surface area contributed by atoms with Crippen molar-refractivity contribution in [2.24, 2.45) is 0 Å². The van der Waals surface area contributed by atoms with Crippen molar-refractivity contribution in [3.05, 3.63) is 84.2 Å². The van der Waals surface area contributed by atoms with Gasteiger partial charge in [0.15, 0.2) is 0 Å². The molecule has 1 fully saturated rings. The normalized spacial score (nSPS) is 17.8. The number of carbonyl (C=O) groups is 1. The molecular formula is C25H27N3O3. The highest BCUT2D eigenvalue weighted by Gasteiger charge is 2.29. The molecule has 3 aromatic rings. The maximum atomic E-state index is 12.9. The zero-order valence-electron chi connectivity index (χ0n) is 17.6. The van der Waals surface area contributed by atoms with Gasteiger partial charge < -0.3 is 20.1 Å². The number of pyridine rings is 1. The Labute approximate surface area is 182 Å². The van der Waals surface area contributed by atoms with Crippen LogP contribution in [0.3, 0.4) is 0 Å². The third-order valence-corrected chi connectivity index (χ3v) is 5.46. The number of carbonyl (C=O) groups excluding carboxylic acids is 1. The fraction of sp³-hybridized carbons (Fsp3) is 0.280. The lowest BCUT2D eigenvalue weighted by molar-refractivity contribution is 0.0272. The van der Waals surface area contributed by atoms with Crippen LogP contribution in [-0.4, -0.2) is 30.1 Å². The molecule has 4 rings (SSSR count). The lowest BCUT2D eigenvalue weighted by Gasteiger charge is -2.22. The highest BCUT2D eigenvalue weighted by Crippen LogP contribution is 2.27. The van der Waals surface area contributed by atoms with Crippen LogP contribution in [0.2, 0.25) is 0 Å². The molecule has 0 radical (unpaired) electrons. The van der Waals surface area contributed by atoms with Gasteiger partial charge in [0.05, 0.1) is 49.0 Å². The van der Waals surface area contributed by atoms with Gasteiger partial charge in [0.1, 0.15) is 5.75 Å².